The lowest BCUT2D eigenvalue weighted by Gasteiger charge is -2.31. The Balaban J connectivity index is 0.000000914. The van der Waals surface area contributed by atoms with Gasteiger partial charge in [0.1, 0.15) is 11.5 Å². The number of hydrogen-bond acceptors (Lipinski definition) is 4. The summed E-state index contributed by atoms with van der Waals surface area (Å²) >= 11 is 1.54. The Kier molecular flexibility index (Phi) is 10.0. The number of rotatable bonds is 1. The highest BCUT2D eigenvalue weighted by Gasteiger charge is 2.32. The molecule has 1 aliphatic rings. The predicted octanol–water partition coefficient (Wildman–Crippen LogP) is 6.57. The molecule has 6 heteroatoms. The number of amides is 1. The topological polar surface area (TPSA) is 56.1 Å². The second-order valence-electron chi connectivity index (χ2n) is 7.63. The molecule has 178 valence electrons. The van der Waals surface area contributed by atoms with Gasteiger partial charge in [-0.2, -0.15) is 0 Å². The number of aryl methyl sites for hydroxylation is 1. The lowest BCUT2D eigenvalue weighted by molar-refractivity contribution is -0.120. The summed E-state index contributed by atoms with van der Waals surface area (Å²) in [6.07, 6.45) is 4.47. The molecule has 2 atom stereocenters. The highest BCUT2D eigenvalue weighted by molar-refractivity contribution is 8.00. The van der Waals surface area contributed by atoms with Gasteiger partial charge in [0.05, 0.1) is 11.6 Å². The number of aromatic nitrogens is 2. The minimum atomic E-state index is -0.319. The molecule has 2 unspecified atom stereocenters. The maximum Gasteiger partial charge on any atom is 0.233 e. The third-order valence-corrected chi connectivity index (χ3v) is 6.59. The number of benzene rings is 2. The summed E-state index contributed by atoms with van der Waals surface area (Å²) in [7, 11) is 2.00. The van der Waals surface area contributed by atoms with Gasteiger partial charge >= 0.3 is 0 Å². The highest BCUT2D eigenvalue weighted by atomic mass is 32.2. The average Bonchev–Trinajstić information content (AvgIpc) is 3.28. The number of hydrogen-bond donors (Lipinski definition) is 1. The molecular formula is C27H37N3O2S. The summed E-state index contributed by atoms with van der Waals surface area (Å²) < 4.78 is 8.21. The molecule has 1 aliphatic heterocycles. The lowest BCUT2D eigenvalue weighted by atomic mass is 9.76. The highest BCUT2D eigenvalue weighted by Crippen LogP contribution is 2.37. The summed E-state index contributed by atoms with van der Waals surface area (Å²) in [4.78, 5) is 18.0. The second kappa shape index (κ2) is 12.5. The third-order valence-electron chi connectivity index (χ3n) is 5.50. The van der Waals surface area contributed by atoms with E-state index in [0.717, 1.165) is 34.1 Å². The van der Waals surface area contributed by atoms with E-state index in [1.807, 2.05) is 95.2 Å². The third kappa shape index (κ3) is 6.41. The van der Waals surface area contributed by atoms with Crippen LogP contribution in [0.2, 0.25) is 0 Å². The summed E-state index contributed by atoms with van der Waals surface area (Å²) in [6.45, 7) is 12.7. The Morgan fingerprint density at radius 3 is 2.42 bits per heavy atom. The molecule has 0 saturated carbocycles. The van der Waals surface area contributed by atoms with Gasteiger partial charge in [0.2, 0.25) is 5.91 Å². The molecule has 1 aromatic heterocycles. The first-order valence-corrected chi connectivity index (χ1v) is 12.6. The molecule has 5 nitrogen and oxygen atoms in total. The molecule has 0 radical (unpaired) electrons. The molecule has 1 amide bonds. The minimum Gasteiger partial charge on any atom is -0.457 e. The van der Waals surface area contributed by atoms with Crippen molar-refractivity contribution in [3.8, 4) is 11.5 Å². The molecule has 0 fully saturated rings. The van der Waals surface area contributed by atoms with Gasteiger partial charge in [-0.05, 0) is 56.2 Å². The Morgan fingerprint density at radius 2 is 1.76 bits per heavy atom. The minimum absolute atomic E-state index is 0.0412. The fourth-order valence-corrected chi connectivity index (χ4v) is 4.74. The molecular weight excluding hydrogens is 430 g/mol. The van der Waals surface area contributed by atoms with Crippen molar-refractivity contribution < 1.29 is 9.53 Å². The number of nitrogens with zero attached hydrogens (tertiary/aromatic N) is 2. The van der Waals surface area contributed by atoms with Gasteiger partial charge in [0.15, 0.2) is 0 Å². The van der Waals surface area contributed by atoms with E-state index in [-0.39, 0.29) is 16.6 Å². The molecule has 2 aromatic carbocycles. The van der Waals surface area contributed by atoms with E-state index < -0.39 is 0 Å². The van der Waals surface area contributed by atoms with Gasteiger partial charge in [0.25, 0.3) is 0 Å². The summed E-state index contributed by atoms with van der Waals surface area (Å²) in [6, 6.07) is 16.1. The fourth-order valence-electron chi connectivity index (χ4n) is 3.80. The van der Waals surface area contributed by atoms with Crippen LogP contribution in [0, 0.1) is 0 Å². The number of ether oxygens (including phenoxy) is 1. The second-order valence-corrected chi connectivity index (χ2v) is 9.04. The summed E-state index contributed by atoms with van der Waals surface area (Å²) in [5.74, 6) is 1.60. The van der Waals surface area contributed by atoms with Gasteiger partial charge in [-0.1, -0.05) is 45.9 Å². The smallest absolute Gasteiger partial charge is 0.233 e. The molecule has 33 heavy (non-hydrogen) atoms. The molecule has 4 bridgehead atoms. The van der Waals surface area contributed by atoms with Gasteiger partial charge in [-0.3, -0.25) is 4.79 Å². The van der Waals surface area contributed by atoms with Crippen molar-refractivity contribution in [1.82, 2.24) is 14.9 Å². The number of thioether (sulfide) groups is 1. The van der Waals surface area contributed by atoms with Crippen molar-refractivity contribution >= 4 is 17.7 Å². The van der Waals surface area contributed by atoms with Crippen LogP contribution in [-0.2, 0) is 17.3 Å². The van der Waals surface area contributed by atoms with Crippen molar-refractivity contribution in [2.24, 2.45) is 7.05 Å². The molecule has 2 heterocycles. The number of imidazole rings is 1. The lowest BCUT2D eigenvalue weighted by Crippen LogP contribution is -2.36. The van der Waals surface area contributed by atoms with Gasteiger partial charge in [0, 0.05) is 35.8 Å². The number of carbonyl (C=O) groups excluding carboxylic acids is 1. The molecule has 3 aromatic rings. The van der Waals surface area contributed by atoms with Crippen LogP contribution in [0.4, 0.5) is 0 Å². The Labute approximate surface area is 203 Å². The van der Waals surface area contributed by atoms with Crippen molar-refractivity contribution in [1.29, 1.82) is 0 Å². The summed E-state index contributed by atoms with van der Waals surface area (Å²) in [5, 5.41) is 2.93. The van der Waals surface area contributed by atoms with Crippen molar-refractivity contribution in [3.63, 3.8) is 0 Å². The van der Waals surface area contributed by atoms with Crippen LogP contribution >= 0.6 is 11.8 Å². The zero-order chi connectivity index (χ0) is 24.4. The first kappa shape index (κ1) is 26.5. The maximum atomic E-state index is 12.6. The zero-order valence-corrected chi connectivity index (χ0v) is 21.7. The number of fused-ring (bicyclic) bond motifs is 4. The predicted molar refractivity (Wildman–Crippen MR) is 138 cm³/mol. The van der Waals surface area contributed by atoms with Gasteiger partial charge in [-0.25, -0.2) is 4.98 Å². The van der Waals surface area contributed by atoms with E-state index in [0.29, 0.717) is 6.54 Å². The first-order valence-electron chi connectivity index (χ1n) is 11.8. The van der Waals surface area contributed by atoms with E-state index in [4.69, 9.17) is 4.74 Å². The number of nitrogens with one attached hydrogen (secondary N) is 1. The van der Waals surface area contributed by atoms with E-state index in [1.54, 1.807) is 0 Å². The number of carbonyl (C=O) groups is 1. The largest absolute Gasteiger partial charge is 0.457 e. The average molecular weight is 468 g/mol. The van der Waals surface area contributed by atoms with Crippen molar-refractivity contribution in [2.45, 2.75) is 63.5 Å². The molecule has 0 spiro atoms. The van der Waals surface area contributed by atoms with Gasteiger partial charge < -0.3 is 14.6 Å². The summed E-state index contributed by atoms with van der Waals surface area (Å²) in [5.41, 5.74) is 1.91. The van der Waals surface area contributed by atoms with Crippen molar-refractivity contribution in [2.75, 3.05) is 6.54 Å². The Bertz CT molecular complexity index is 1030. The Hall–Kier alpha value is -2.73. The van der Waals surface area contributed by atoms with E-state index in [2.05, 4.69) is 29.4 Å². The van der Waals surface area contributed by atoms with E-state index >= 15 is 0 Å². The van der Waals surface area contributed by atoms with Crippen LogP contribution < -0.4 is 10.1 Å². The van der Waals surface area contributed by atoms with Crippen LogP contribution in [0.5, 0.6) is 11.5 Å². The molecule has 4 rings (SSSR count). The van der Waals surface area contributed by atoms with E-state index in [9.17, 15) is 4.79 Å². The maximum absolute atomic E-state index is 12.6. The standard InChI is InChI=1S/C23H25N3O2S.2C2H6/c1-16-22(27)25-11-10-23(2,21-14-24-15-26(21)3)17-6-4-7-18(12-17)28-19-8-5-9-20(13-19)29-16;2*1-2/h4-9,12-16H,10-11H2,1-3H3,(H,25,27);2*1-2H3. The van der Waals surface area contributed by atoms with Crippen LogP contribution in [0.25, 0.3) is 0 Å². The monoisotopic (exact) mass is 467 g/mol. The van der Waals surface area contributed by atoms with Crippen LogP contribution in [0.1, 0.15) is 59.2 Å². The molecule has 1 N–H and O–H groups in total. The van der Waals surface area contributed by atoms with Crippen LogP contribution in [0.15, 0.2) is 66.0 Å². The van der Waals surface area contributed by atoms with E-state index in [1.165, 1.54) is 11.8 Å². The van der Waals surface area contributed by atoms with Crippen LogP contribution in [0.3, 0.4) is 0 Å². The first-order chi connectivity index (χ1) is 16.0. The van der Waals surface area contributed by atoms with Crippen LogP contribution in [-0.4, -0.2) is 27.3 Å². The quantitative estimate of drug-likeness (QED) is 0.440. The molecule has 0 saturated heterocycles. The SMILES string of the molecule is CC.CC.CC1Sc2cccc(c2)Oc2cccc(c2)C(C)(c2cncn2C)CCNC1=O. The van der Waals surface area contributed by atoms with Crippen molar-refractivity contribution in [3.05, 3.63) is 72.3 Å². The zero-order valence-electron chi connectivity index (χ0n) is 20.9. The normalized spacial score (nSPS) is 20.0. The Morgan fingerprint density at radius 1 is 1.09 bits per heavy atom. The molecule has 0 aliphatic carbocycles. The fraction of sp³-hybridized carbons (Fsp3) is 0.407. The van der Waals surface area contributed by atoms with Gasteiger partial charge in [-0.15, -0.1) is 11.8 Å².